The van der Waals surface area contributed by atoms with Gasteiger partial charge in [0.2, 0.25) is 0 Å². The minimum absolute atomic E-state index is 0.232. The fourth-order valence-electron chi connectivity index (χ4n) is 2.10. The molecule has 1 aromatic carbocycles. The first-order valence-electron chi connectivity index (χ1n) is 6.01. The second-order valence-electron chi connectivity index (χ2n) is 4.37. The normalized spacial score (nSPS) is 14.9. The lowest BCUT2D eigenvalue weighted by atomic mass is 10.1. The molecule has 19 heavy (non-hydrogen) atoms. The number of anilines is 1. The highest BCUT2D eigenvalue weighted by Gasteiger charge is 2.21. The van der Waals surface area contributed by atoms with E-state index < -0.39 is 10.0 Å². The van der Waals surface area contributed by atoms with E-state index in [-0.39, 0.29) is 4.90 Å². The number of hydrogen-bond acceptors (Lipinski definition) is 4. The van der Waals surface area contributed by atoms with Crippen LogP contribution in [0.25, 0.3) is 0 Å². The largest absolute Gasteiger partial charge is 0.312 e. The standard InChI is InChI=1S/C12H14N4O2S/c17-19(18,9-4-2-1-3-5-9)16-12-10-8-13-7-6-11(10)14-15-12/h1-5,13H,6-8H2,(H2,14,15,16). The molecule has 0 fully saturated rings. The Kier molecular flexibility index (Phi) is 3.00. The van der Waals surface area contributed by atoms with Crippen LogP contribution in [0, 0.1) is 0 Å². The number of benzene rings is 1. The van der Waals surface area contributed by atoms with Gasteiger partial charge < -0.3 is 5.32 Å². The van der Waals surface area contributed by atoms with Crippen LogP contribution in [0.4, 0.5) is 5.82 Å². The molecule has 1 aliphatic rings. The number of H-pyrrole nitrogens is 1. The third-order valence-electron chi connectivity index (χ3n) is 3.09. The van der Waals surface area contributed by atoms with Crippen molar-refractivity contribution in [3.63, 3.8) is 0 Å². The van der Waals surface area contributed by atoms with E-state index in [0.29, 0.717) is 12.4 Å². The Morgan fingerprint density at radius 2 is 2.00 bits per heavy atom. The van der Waals surface area contributed by atoms with Crippen LogP contribution in [0.15, 0.2) is 35.2 Å². The van der Waals surface area contributed by atoms with Gasteiger partial charge in [-0.15, -0.1) is 0 Å². The monoisotopic (exact) mass is 278 g/mol. The van der Waals surface area contributed by atoms with Crippen LogP contribution in [0.2, 0.25) is 0 Å². The topological polar surface area (TPSA) is 86.9 Å². The van der Waals surface area contributed by atoms with Crippen LogP contribution in [0.3, 0.4) is 0 Å². The Morgan fingerprint density at radius 1 is 1.21 bits per heavy atom. The lowest BCUT2D eigenvalue weighted by Crippen LogP contribution is -2.24. The second kappa shape index (κ2) is 4.67. The van der Waals surface area contributed by atoms with Crippen molar-refractivity contribution >= 4 is 15.8 Å². The van der Waals surface area contributed by atoms with Crippen LogP contribution in [-0.4, -0.2) is 25.2 Å². The van der Waals surface area contributed by atoms with Gasteiger partial charge in [-0.2, -0.15) is 5.10 Å². The number of aromatic amines is 1. The summed E-state index contributed by atoms with van der Waals surface area (Å²) >= 11 is 0. The Morgan fingerprint density at radius 3 is 2.79 bits per heavy atom. The van der Waals surface area contributed by atoms with Gasteiger partial charge >= 0.3 is 0 Å². The highest BCUT2D eigenvalue weighted by Crippen LogP contribution is 2.22. The summed E-state index contributed by atoms with van der Waals surface area (Å²) in [5.41, 5.74) is 1.88. The maximum atomic E-state index is 12.2. The van der Waals surface area contributed by atoms with Crippen molar-refractivity contribution in [3.05, 3.63) is 41.6 Å². The summed E-state index contributed by atoms with van der Waals surface area (Å²) in [5, 5.41) is 10.1. The smallest absolute Gasteiger partial charge is 0.263 e. The van der Waals surface area contributed by atoms with E-state index in [4.69, 9.17) is 0 Å². The van der Waals surface area contributed by atoms with Crippen molar-refractivity contribution in [3.8, 4) is 0 Å². The van der Waals surface area contributed by atoms with Gasteiger partial charge in [-0.3, -0.25) is 9.82 Å². The first kappa shape index (κ1) is 12.2. The number of rotatable bonds is 3. The minimum Gasteiger partial charge on any atom is -0.312 e. The fourth-order valence-corrected chi connectivity index (χ4v) is 3.15. The van der Waals surface area contributed by atoms with Gasteiger partial charge in [-0.1, -0.05) is 18.2 Å². The number of nitrogens with one attached hydrogen (secondary N) is 3. The molecule has 0 saturated carbocycles. The molecule has 0 atom stereocenters. The van der Waals surface area contributed by atoms with Gasteiger partial charge in [0.05, 0.1) is 4.90 Å². The molecule has 3 rings (SSSR count). The predicted molar refractivity (Wildman–Crippen MR) is 71.2 cm³/mol. The molecule has 2 aromatic rings. The molecule has 1 aromatic heterocycles. The average molecular weight is 278 g/mol. The van der Waals surface area contributed by atoms with Gasteiger partial charge in [0, 0.05) is 30.8 Å². The summed E-state index contributed by atoms with van der Waals surface area (Å²) in [7, 11) is -3.58. The third-order valence-corrected chi connectivity index (χ3v) is 4.45. The summed E-state index contributed by atoms with van der Waals surface area (Å²) in [6.45, 7) is 1.50. The van der Waals surface area contributed by atoms with Crippen molar-refractivity contribution < 1.29 is 8.42 Å². The van der Waals surface area contributed by atoms with Crippen molar-refractivity contribution in [2.24, 2.45) is 0 Å². The molecule has 0 aliphatic carbocycles. The van der Waals surface area contributed by atoms with Crippen LogP contribution < -0.4 is 10.0 Å². The zero-order chi connectivity index (χ0) is 13.3. The first-order valence-corrected chi connectivity index (χ1v) is 7.50. The molecule has 0 amide bonds. The Balaban J connectivity index is 1.91. The van der Waals surface area contributed by atoms with Crippen LogP contribution in [0.1, 0.15) is 11.3 Å². The van der Waals surface area contributed by atoms with Gasteiger partial charge in [-0.25, -0.2) is 8.42 Å². The van der Waals surface area contributed by atoms with Gasteiger partial charge in [0.1, 0.15) is 0 Å². The molecule has 3 N–H and O–H groups in total. The van der Waals surface area contributed by atoms with Crippen molar-refractivity contribution in [2.75, 3.05) is 11.3 Å². The SMILES string of the molecule is O=S(=O)(Nc1n[nH]c2c1CNCC2)c1ccccc1. The Bertz CT molecular complexity index is 679. The number of aromatic nitrogens is 2. The molecule has 6 nitrogen and oxygen atoms in total. The quantitative estimate of drug-likeness (QED) is 0.777. The summed E-state index contributed by atoms with van der Waals surface area (Å²) in [6, 6.07) is 8.27. The highest BCUT2D eigenvalue weighted by molar-refractivity contribution is 7.92. The van der Waals surface area contributed by atoms with Crippen molar-refractivity contribution in [1.29, 1.82) is 0 Å². The van der Waals surface area contributed by atoms with Gasteiger partial charge in [0.25, 0.3) is 10.0 Å². The molecule has 0 spiro atoms. The fraction of sp³-hybridized carbons (Fsp3) is 0.250. The van der Waals surface area contributed by atoms with Crippen molar-refractivity contribution in [1.82, 2.24) is 15.5 Å². The van der Waals surface area contributed by atoms with Crippen molar-refractivity contribution in [2.45, 2.75) is 17.9 Å². The summed E-state index contributed by atoms with van der Waals surface area (Å²) < 4.78 is 26.9. The maximum Gasteiger partial charge on any atom is 0.263 e. The van der Waals surface area contributed by atoms with Crippen LogP contribution in [-0.2, 0) is 23.0 Å². The maximum absolute atomic E-state index is 12.2. The van der Waals surface area contributed by atoms with E-state index in [0.717, 1.165) is 24.2 Å². The molecule has 7 heteroatoms. The number of fused-ring (bicyclic) bond motifs is 1. The minimum atomic E-state index is -3.58. The number of hydrogen-bond donors (Lipinski definition) is 3. The van der Waals surface area contributed by atoms with E-state index in [1.54, 1.807) is 30.3 Å². The van der Waals surface area contributed by atoms with Crippen LogP contribution in [0.5, 0.6) is 0 Å². The molecule has 0 unspecified atom stereocenters. The summed E-state index contributed by atoms with van der Waals surface area (Å²) in [4.78, 5) is 0.232. The first-order chi connectivity index (χ1) is 9.17. The van der Waals surface area contributed by atoms with E-state index in [1.807, 2.05) is 0 Å². The molecule has 0 saturated heterocycles. The molecular weight excluding hydrogens is 264 g/mol. The summed E-state index contributed by atoms with van der Waals surface area (Å²) in [5.74, 6) is 0.381. The molecule has 0 bridgehead atoms. The van der Waals surface area contributed by atoms with E-state index >= 15 is 0 Å². The Labute approximate surface area is 111 Å². The molecule has 100 valence electrons. The van der Waals surface area contributed by atoms with E-state index in [1.165, 1.54) is 0 Å². The summed E-state index contributed by atoms with van der Waals surface area (Å²) in [6.07, 6.45) is 0.829. The molecular formula is C12H14N4O2S. The lowest BCUT2D eigenvalue weighted by Gasteiger charge is -2.13. The van der Waals surface area contributed by atoms with Crippen LogP contribution >= 0.6 is 0 Å². The van der Waals surface area contributed by atoms with Gasteiger partial charge in [-0.05, 0) is 12.1 Å². The average Bonchev–Trinajstić information content (AvgIpc) is 2.83. The zero-order valence-electron chi connectivity index (χ0n) is 10.2. The predicted octanol–water partition coefficient (Wildman–Crippen LogP) is 0.856. The second-order valence-corrected chi connectivity index (χ2v) is 6.06. The van der Waals surface area contributed by atoms with E-state index in [9.17, 15) is 8.42 Å². The molecule has 0 radical (unpaired) electrons. The van der Waals surface area contributed by atoms with E-state index in [2.05, 4.69) is 20.2 Å². The highest BCUT2D eigenvalue weighted by atomic mass is 32.2. The lowest BCUT2D eigenvalue weighted by molar-refractivity contribution is 0.600. The third kappa shape index (κ3) is 2.34. The number of sulfonamides is 1. The van der Waals surface area contributed by atoms with Gasteiger partial charge in [0.15, 0.2) is 5.82 Å². The zero-order valence-corrected chi connectivity index (χ0v) is 11.0. The molecule has 1 aliphatic heterocycles. The number of nitrogens with zero attached hydrogens (tertiary/aromatic N) is 1. The molecule has 2 heterocycles. The Hall–Kier alpha value is -1.86.